The molecule has 5 nitrogen and oxygen atoms in total. The zero-order chi connectivity index (χ0) is 17.1. The maximum atomic E-state index is 12.6. The number of rotatable bonds is 5. The van der Waals surface area contributed by atoms with E-state index in [0.717, 1.165) is 17.2 Å². The highest BCUT2D eigenvalue weighted by atomic mass is 16.5. The Kier molecular flexibility index (Phi) is 4.33. The van der Waals surface area contributed by atoms with Gasteiger partial charge in [0.1, 0.15) is 11.8 Å². The Hall–Kier alpha value is -3.08. The van der Waals surface area contributed by atoms with Gasteiger partial charge in [-0.05, 0) is 25.1 Å². The number of hydrogen-bond acceptors (Lipinski definition) is 3. The molecule has 1 N–H and O–H groups in total. The van der Waals surface area contributed by atoms with E-state index in [1.807, 2.05) is 41.0 Å². The standard InChI is InChI=1S/C19H18N2O3/c1-13(19(23)20-16-8-4-6-10-18(16)24-2)21-11-14(12-22)15-7-3-5-9-17(15)21/h3-13H,1-2H3,(H,20,23). The van der Waals surface area contributed by atoms with Gasteiger partial charge in [0, 0.05) is 22.7 Å². The minimum atomic E-state index is -0.478. The van der Waals surface area contributed by atoms with Crippen molar-refractivity contribution in [3.63, 3.8) is 0 Å². The molecule has 0 fully saturated rings. The van der Waals surface area contributed by atoms with Crippen LogP contribution in [0.3, 0.4) is 0 Å². The molecular weight excluding hydrogens is 304 g/mol. The van der Waals surface area contributed by atoms with Gasteiger partial charge in [0.2, 0.25) is 5.91 Å². The first-order valence-corrected chi connectivity index (χ1v) is 7.64. The van der Waals surface area contributed by atoms with E-state index in [0.29, 0.717) is 17.0 Å². The number of hydrogen-bond donors (Lipinski definition) is 1. The van der Waals surface area contributed by atoms with E-state index >= 15 is 0 Å². The zero-order valence-corrected chi connectivity index (χ0v) is 13.5. The number of benzene rings is 2. The van der Waals surface area contributed by atoms with Crippen LogP contribution in [0.2, 0.25) is 0 Å². The van der Waals surface area contributed by atoms with E-state index in [4.69, 9.17) is 4.74 Å². The Morgan fingerprint density at radius 2 is 1.88 bits per heavy atom. The van der Waals surface area contributed by atoms with Crippen molar-refractivity contribution >= 4 is 28.8 Å². The SMILES string of the molecule is COc1ccccc1NC(=O)C(C)n1cc(C=O)c2ccccc21. The van der Waals surface area contributed by atoms with Crippen LogP contribution in [-0.4, -0.2) is 23.9 Å². The van der Waals surface area contributed by atoms with Crippen LogP contribution >= 0.6 is 0 Å². The highest BCUT2D eigenvalue weighted by Gasteiger charge is 2.19. The molecule has 1 unspecified atom stereocenters. The Bertz CT molecular complexity index is 899. The summed E-state index contributed by atoms with van der Waals surface area (Å²) in [4.78, 5) is 23.9. The first kappa shape index (κ1) is 15.8. The lowest BCUT2D eigenvalue weighted by atomic mass is 10.2. The molecule has 0 aliphatic carbocycles. The number of ether oxygens (including phenoxy) is 1. The summed E-state index contributed by atoms with van der Waals surface area (Å²) in [6.07, 6.45) is 2.52. The van der Waals surface area contributed by atoms with E-state index in [1.54, 1.807) is 32.4 Å². The topological polar surface area (TPSA) is 60.3 Å². The fraction of sp³-hybridized carbons (Fsp3) is 0.158. The number of methoxy groups -OCH3 is 1. The first-order valence-electron chi connectivity index (χ1n) is 7.64. The summed E-state index contributed by atoms with van der Waals surface area (Å²) in [5.74, 6) is 0.418. The van der Waals surface area contributed by atoms with Gasteiger partial charge in [-0.25, -0.2) is 0 Å². The van der Waals surface area contributed by atoms with Gasteiger partial charge in [-0.1, -0.05) is 30.3 Å². The van der Waals surface area contributed by atoms with Crippen LogP contribution in [0.15, 0.2) is 54.7 Å². The molecule has 24 heavy (non-hydrogen) atoms. The number of carbonyl (C=O) groups is 2. The molecule has 0 saturated carbocycles. The number of amides is 1. The van der Waals surface area contributed by atoms with E-state index in [2.05, 4.69) is 5.32 Å². The molecule has 0 aliphatic rings. The Balaban J connectivity index is 1.93. The smallest absolute Gasteiger partial charge is 0.247 e. The minimum absolute atomic E-state index is 0.183. The summed E-state index contributed by atoms with van der Waals surface area (Å²) < 4.78 is 7.06. The fourth-order valence-corrected chi connectivity index (χ4v) is 2.76. The van der Waals surface area contributed by atoms with Crippen molar-refractivity contribution in [2.45, 2.75) is 13.0 Å². The molecule has 1 amide bonds. The van der Waals surface area contributed by atoms with Gasteiger partial charge in [0.05, 0.1) is 12.8 Å². The molecule has 3 aromatic rings. The zero-order valence-electron chi connectivity index (χ0n) is 13.5. The molecule has 0 bridgehead atoms. The predicted molar refractivity (Wildman–Crippen MR) is 93.7 cm³/mol. The molecular formula is C19H18N2O3. The number of fused-ring (bicyclic) bond motifs is 1. The predicted octanol–water partition coefficient (Wildman–Crippen LogP) is 3.66. The third-order valence-electron chi connectivity index (χ3n) is 4.06. The third kappa shape index (κ3) is 2.76. The summed E-state index contributed by atoms with van der Waals surface area (Å²) in [6.45, 7) is 1.80. The number of nitrogens with zero attached hydrogens (tertiary/aromatic N) is 1. The summed E-state index contributed by atoms with van der Waals surface area (Å²) in [5, 5.41) is 3.72. The van der Waals surface area contributed by atoms with Crippen molar-refractivity contribution in [3.8, 4) is 5.75 Å². The van der Waals surface area contributed by atoms with Gasteiger partial charge in [-0.3, -0.25) is 9.59 Å². The fourth-order valence-electron chi connectivity index (χ4n) is 2.76. The van der Waals surface area contributed by atoms with Crippen molar-refractivity contribution in [2.75, 3.05) is 12.4 Å². The second kappa shape index (κ2) is 6.58. The quantitative estimate of drug-likeness (QED) is 0.729. The Morgan fingerprint density at radius 1 is 1.17 bits per heavy atom. The number of para-hydroxylation sites is 3. The van der Waals surface area contributed by atoms with Crippen LogP contribution in [0.5, 0.6) is 5.75 Å². The molecule has 0 radical (unpaired) electrons. The molecule has 1 aromatic heterocycles. The molecule has 1 heterocycles. The molecule has 5 heteroatoms. The number of anilines is 1. The van der Waals surface area contributed by atoms with Crippen molar-refractivity contribution in [3.05, 3.63) is 60.3 Å². The average Bonchev–Trinajstić information content (AvgIpc) is 3.00. The molecule has 0 aliphatic heterocycles. The lowest BCUT2D eigenvalue weighted by Crippen LogP contribution is -2.23. The number of carbonyl (C=O) groups excluding carboxylic acids is 2. The highest BCUT2D eigenvalue weighted by Crippen LogP contribution is 2.27. The van der Waals surface area contributed by atoms with Gasteiger partial charge < -0.3 is 14.6 Å². The monoisotopic (exact) mass is 322 g/mol. The van der Waals surface area contributed by atoms with Crippen molar-refractivity contribution < 1.29 is 14.3 Å². The van der Waals surface area contributed by atoms with Crippen LogP contribution in [0.25, 0.3) is 10.9 Å². The summed E-state index contributed by atoms with van der Waals surface area (Å²) >= 11 is 0. The van der Waals surface area contributed by atoms with Gasteiger partial charge in [-0.2, -0.15) is 0 Å². The molecule has 3 rings (SSSR count). The van der Waals surface area contributed by atoms with E-state index in [9.17, 15) is 9.59 Å². The lowest BCUT2D eigenvalue weighted by Gasteiger charge is -2.16. The highest BCUT2D eigenvalue weighted by molar-refractivity contribution is 6.00. The molecule has 0 saturated heterocycles. The van der Waals surface area contributed by atoms with Crippen LogP contribution in [-0.2, 0) is 4.79 Å². The van der Waals surface area contributed by atoms with Crippen molar-refractivity contribution in [1.82, 2.24) is 4.57 Å². The number of aromatic nitrogens is 1. The van der Waals surface area contributed by atoms with Gasteiger partial charge in [-0.15, -0.1) is 0 Å². The third-order valence-corrected chi connectivity index (χ3v) is 4.06. The van der Waals surface area contributed by atoms with Crippen LogP contribution in [0.4, 0.5) is 5.69 Å². The normalized spacial score (nSPS) is 11.9. The first-order chi connectivity index (χ1) is 11.7. The van der Waals surface area contributed by atoms with Crippen LogP contribution in [0.1, 0.15) is 23.3 Å². The molecule has 122 valence electrons. The molecule has 0 spiro atoms. The van der Waals surface area contributed by atoms with Crippen molar-refractivity contribution in [1.29, 1.82) is 0 Å². The number of nitrogens with one attached hydrogen (secondary N) is 1. The minimum Gasteiger partial charge on any atom is -0.495 e. The van der Waals surface area contributed by atoms with Crippen LogP contribution < -0.4 is 10.1 Å². The second-order valence-electron chi connectivity index (χ2n) is 5.49. The Labute approximate surface area is 139 Å². The maximum absolute atomic E-state index is 12.6. The van der Waals surface area contributed by atoms with Crippen molar-refractivity contribution in [2.24, 2.45) is 0 Å². The van der Waals surface area contributed by atoms with Crippen LogP contribution in [0, 0.1) is 0 Å². The largest absolute Gasteiger partial charge is 0.495 e. The Morgan fingerprint density at radius 3 is 2.62 bits per heavy atom. The van der Waals surface area contributed by atoms with Gasteiger partial charge in [0.15, 0.2) is 6.29 Å². The summed E-state index contributed by atoms with van der Waals surface area (Å²) in [5.41, 5.74) is 2.04. The summed E-state index contributed by atoms with van der Waals surface area (Å²) in [6, 6.07) is 14.3. The van der Waals surface area contributed by atoms with E-state index < -0.39 is 6.04 Å². The number of aldehydes is 1. The van der Waals surface area contributed by atoms with Gasteiger partial charge >= 0.3 is 0 Å². The van der Waals surface area contributed by atoms with Gasteiger partial charge in [0.25, 0.3) is 0 Å². The summed E-state index contributed by atoms with van der Waals surface area (Å²) in [7, 11) is 1.56. The second-order valence-corrected chi connectivity index (χ2v) is 5.49. The lowest BCUT2D eigenvalue weighted by molar-refractivity contribution is -0.118. The molecule has 1 atom stereocenters. The van der Waals surface area contributed by atoms with E-state index in [1.165, 1.54) is 0 Å². The van der Waals surface area contributed by atoms with E-state index in [-0.39, 0.29) is 5.91 Å². The molecule has 2 aromatic carbocycles. The average molecular weight is 322 g/mol. The maximum Gasteiger partial charge on any atom is 0.247 e.